The Morgan fingerprint density at radius 1 is 1.21 bits per heavy atom. The first-order valence-corrected chi connectivity index (χ1v) is 7.92. The third kappa shape index (κ3) is 3.94. The maximum atomic E-state index is 11.1. The molecule has 1 aromatic heterocycles. The highest BCUT2D eigenvalue weighted by atomic mass is 16.5. The Kier molecular flexibility index (Phi) is 4.82. The molecule has 124 valence electrons. The molecule has 5 nitrogen and oxygen atoms in total. The summed E-state index contributed by atoms with van der Waals surface area (Å²) in [4.78, 5) is 14.2. The number of fused-ring (bicyclic) bond motifs is 1. The van der Waals surface area contributed by atoms with Crippen molar-refractivity contribution < 1.29 is 9.53 Å². The quantitative estimate of drug-likeness (QED) is 0.625. The molecule has 0 spiro atoms. The van der Waals surface area contributed by atoms with E-state index in [0.717, 1.165) is 27.8 Å². The second-order valence-corrected chi connectivity index (χ2v) is 5.84. The van der Waals surface area contributed by atoms with Gasteiger partial charge in [-0.1, -0.05) is 24.3 Å². The highest BCUT2D eigenvalue weighted by Gasteiger charge is 2.07. The van der Waals surface area contributed by atoms with Gasteiger partial charge in [0.2, 0.25) is 5.91 Å². The Balaban J connectivity index is 1.60. The number of H-pyrrole nitrogens is 1. The summed E-state index contributed by atoms with van der Waals surface area (Å²) in [6.45, 7) is 2.84. The molecule has 0 radical (unpaired) electrons. The van der Waals surface area contributed by atoms with Crippen molar-refractivity contribution >= 4 is 16.8 Å². The lowest BCUT2D eigenvalue weighted by atomic mass is 10.1. The predicted octanol–water partition coefficient (Wildman–Crippen LogP) is 2.71. The van der Waals surface area contributed by atoms with Gasteiger partial charge in [0.1, 0.15) is 12.4 Å². The molecule has 1 atom stereocenters. The van der Waals surface area contributed by atoms with Gasteiger partial charge in [0, 0.05) is 23.6 Å². The zero-order valence-electron chi connectivity index (χ0n) is 13.6. The van der Waals surface area contributed by atoms with Crippen LogP contribution in [0, 0.1) is 0 Å². The van der Waals surface area contributed by atoms with Gasteiger partial charge in [0.15, 0.2) is 0 Å². The average Bonchev–Trinajstić information content (AvgIpc) is 3.06. The van der Waals surface area contributed by atoms with Crippen LogP contribution in [0.5, 0.6) is 5.75 Å². The molecule has 0 bridgehead atoms. The largest absolute Gasteiger partial charge is 0.489 e. The van der Waals surface area contributed by atoms with E-state index in [1.54, 1.807) is 6.92 Å². The maximum absolute atomic E-state index is 11.1. The topological polar surface area (TPSA) is 80.1 Å². The van der Waals surface area contributed by atoms with E-state index < -0.39 is 0 Å². The zero-order valence-corrected chi connectivity index (χ0v) is 13.6. The van der Waals surface area contributed by atoms with Crippen molar-refractivity contribution in [3.8, 4) is 5.75 Å². The number of benzene rings is 2. The Morgan fingerprint density at radius 3 is 2.88 bits per heavy atom. The fraction of sp³-hybridized carbons (Fsp3) is 0.211. The number of carbonyl (C=O) groups is 1. The molecule has 0 aliphatic heterocycles. The number of amides is 1. The number of rotatable bonds is 7. The smallest absolute Gasteiger partial charge is 0.234 e. The first-order valence-electron chi connectivity index (χ1n) is 7.92. The van der Waals surface area contributed by atoms with E-state index in [0.29, 0.717) is 13.2 Å². The number of hydrogen-bond donors (Lipinski definition) is 3. The lowest BCUT2D eigenvalue weighted by molar-refractivity contribution is -0.119. The van der Waals surface area contributed by atoms with Crippen LogP contribution in [-0.2, 0) is 17.9 Å². The van der Waals surface area contributed by atoms with Gasteiger partial charge in [-0.25, -0.2) is 0 Å². The second-order valence-electron chi connectivity index (χ2n) is 5.84. The molecule has 0 saturated carbocycles. The van der Waals surface area contributed by atoms with E-state index in [-0.39, 0.29) is 11.9 Å². The van der Waals surface area contributed by atoms with Crippen LogP contribution in [0.3, 0.4) is 0 Å². The normalized spacial score (nSPS) is 12.2. The van der Waals surface area contributed by atoms with Gasteiger partial charge in [-0.15, -0.1) is 0 Å². The Labute approximate surface area is 140 Å². The van der Waals surface area contributed by atoms with E-state index in [2.05, 4.69) is 16.4 Å². The van der Waals surface area contributed by atoms with Crippen LogP contribution in [0.4, 0.5) is 0 Å². The second kappa shape index (κ2) is 7.19. The van der Waals surface area contributed by atoms with E-state index in [1.165, 1.54) is 0 Å². The van der Waals surface area contributed by atoms with Crippen LogP contribution in [-0.4, -0.2) is 16.9 Å². The monoisotopic (exact) mass is 323 g/mol. The molecule has 0 aliphatic carbocycles. The predicted molar refractivity (Wildman–Crippen MR) is 94.6 cm³/mol. The van der Waals surface area contributed by atoms with Crippen LogP contribution in [0.25, 0.3) is 10.9 Å². The summed E-state index contributed by atoms with van der Waals surface area (Å²) in [6.07, 6.45) is 1.91. The van der Waals surface area contributed by atoms with Gasteiger partial charge < -0.3 is 20.8 Å². The van der Waals surface area contributed by atoms with Crippen LogP contribution in [0.1, 0.15) is 18.1 Å². The summed E-state index contributed by atoms with van der Waals surface area (Å²) in [5.74, 6) is 0.489. The minimum atomic E-state index is -0.352. The number of ether oxygens (including phenoxy) is 1. The van der Waals surface area contributed by atoms with Crippen LogP contribution in [0.15, 0.2) is 54.7 Å². The van der Waals surface area contributed by atoms with Crippen molar-refractivity contribution in [1.82, 2.24) is 10.3 Å². The van der Waals surface area contributed by atoms with Crippen molar-refractivity contribution in [2.24, 2.45) is 5.73 Å². The van der Waals surface area contributed by atoms with E-state index in [4.69, 9.17) is 10.5 Å². The van der Waals surface area contributed by atoms with Gasteiger partial charge in [-0.05, 0) is 42.3 Å². The SMILES string of the molecule is C[C@H](NCc1cccc(COc2ccc3[nH]ccc3c2)c1)C(N)=O. The molecular weight excluding hydrogens is 302 g/mol. The lowest BCUT2D eigenvalue weighted by Crippen LogP contribution is -2.38. The molecule has 2 aromatic carbocycles. The van der Waals surface area contributed by atoms with Crippen LogP contribution in [0.2, 0.25) is 0 Å². The van der Waals surface area contributed by atoms with Crippen LogP contribution < -0.4 is 15.8 Å². The van der Waals surface area contributed by atoms with Crippen molar-refractivity contribution in [3.63, 3.8) is 0 Å². The molecule has 1 amide bonds. The summed E-state index contributed by atoms with van der Waals surface area (Å²) in [7, 11) is 0. The molecule has 1 heterocycles. The number of primary amides is 1. The summed E-state index contributed by atoms with van der Waals surface area (Å²) in [6, 6.07) is 15.7. The summed E-state index contributed by atoms with van der Waals surface area (Å²) in [5, 5.41) is 4.23. The highest BCUT2D eigenvalue weighted by Crippen LogP contribution is 2.20. The van der Waals surface area contributed by atoms with E-state index >= 15 is 0 Å². The van der Waals surface area contributed by atoms with Crippen LogP contribution >= 0.6 is 0 Å². The van der Waals surface area contributed by atoms with Crippen molar-refractivity contribution in [3.05, 3.63) is 65.9 Å². The fourth-order valence-electron chi connectivity index (χ4n) is 2.49. The molecule has 24 heavy (non-hydrogen) atoms. The zero-order chi connectivity index (χ0) is 16.9. The lowest BCUT2D eigenvalue weighted by Gasteiger charge is -2.11. The molecular formula is C19H21N3O2. The molecule has 4 N–H and O–H groups in total. The standard InChI is InChI=1S/C19H21N3O2/c1-13(19(20)23)22-11-14-3-2-4-15(9-14)12-24-17-5-6-18-16(10-17)7-8-21-18/h2-10,13,21-22H,11-12H2,1H3,(H2,20,23)/t13-/m0/s1. The molecule has 3 aromatic rings. The first kappa shape index (κ1) is 16.1. The third-order valence-corrected chi connectivity index (χ3v) is 3.96. The van der Waals surface area contributed by atoms with Gasteiger partial charge in [0.05, 0.1) is 6.04 Å². The first-order chi connectivity index (χ1) is 11.6. The Hall–Kier alpha value is -2.79. The van der Waals surface area contributed by atoms with E-state index in [9.17, 15) is 4.79 Å². The van der Waals surface area contributed by atoms with Gasteiger partial charge in [-0.2, -0.15) is 0 Å². The highest BCUT2D eigenvalue weighted by molar-refractivity contribution is 5.80. The minimum Gasteiger partial charge on any atom is -0.489 e. The minimum absolute atomic E-state index is 0.349. The van der Waals surface area contributed by atoms with Gasteiger partial charge >= 0.3 is 0 Å². The molecule has 0 unspecified atom stereocenters. The molecule has 5 heteroatoms. The fourth-order valence-corrected chi connectivity index (χ4v) is 2.49. The number of aromatic amines is 1. The average molecular weight is 323 g/mol. The van der Waals surface area contributed by atoms with Crippen molar-refractivity contribution in [1.29, 1.82) is 0 Å². The number of carbonyl (C=O) groups excluding carboxylic acids is 1. The van der Waals surface area contributed by atoms with Gasteiger partial charge in [-0.3, -0.25) is 4.79 Å². The van der Waals surface area contributed by atoms with Gasteiger partial charge in [0.25, 0.3) is 0 Å². The molecule has 0 saturated heterocycles. The summed E-state index contributed by atoms with van der Waals surface area (Å²) in [5.41, 5.74) is 8.51. The summed E-state index contributed by atoms with van der Waals surface area (Å²) >= 11 is 0. The van der Waals surface area contributed by atoms with Crippen molar-refractivity contribution in [2.75, 3.05) is 0 Å². The number of nitrogens with two attached hydrogens (primary N) is 1. The molecule has 0 fully saturated rings. The number of nitrogens with one attached hydrogen (secondary N) is 2. The van der Waals surface area contributed by atoms with Crippen molar-refractivity contribution in [2.45, 2.75) is 26.1 Å². The third-order valence-electron chi connectivity index (χ3n) is 3.96. The molecule has 3 rings (SSSR count). The van der Waals surface area contributed by atoms with E-state index in [1.807, 2.05) is 48.7 Å². The Bertz CT molecular complexity index is 841. The number of hydrogen-bond acceptors (Lipinski definition) is 3. The Morgan fingerprint density at radius 2 is 2.04 bits per heavy atom. The maximum Gasteiger partial charge on any atom is 0.234 e. The summed E-state index contributed by atoms with van der Waals surface area (Å²) < 4.78 is 5.88. The molecule has 0 aliphatic rings. The number of aromatic nitrogens is 1.